The highest BCUT2D eigenvalue weighted by atomic mass is 19.1. The molecule has 0 bridgehead atoms. The second-order valence-corrected chi connectivity index (χ2v) is 6.28. The number of aliphatic imine (C=N–C) groups is 1. The lowest BCUT2D eigenvalue weighted by Gasteiger charge is -2.10. The first-order chi connectivity index (χ1) is 12.2. The number of benzene rings is 2. The van der Waals surface area contributed by atoms with Crippen LogP contribution in [0.15, 0.2) is 47.5 Å². The third-order valence-electron chi connectivity index (χ3n) is 4.39. The molecule has 2 aromatic rings. The zero-order valence-electron chi connectivity index (χ0n) is 13.7. The molecule has 130 valence electrons. The molecular formula is C19H20FN3O2. The van der Waals surface area contributed by atoms with Gasteiger partial charge in [0.2, 0.25) is 0 Å². The number of guanidine groups is 1. The van der Waals surface area contributed by atoms with E-state index < -0.39 is 0 Å². The van der Waals surface area contributed by atoms with Crippen LogP contribution in [0, 0.1) is 5.82 Å². The van der Waals surface area contributed by atoms with Gasteiger partial charge in [-0.25, -0.2) is 9.38 Å². The molecule has 25 heavy (non-hydrogen) atoms. The van der Waals surface area contributed by atoms with Crippen molar-refractivity contribution in [3.63, 3.8) is 0 Å². The standard InChI is InChI=1S/C19H20FN3O2/c20-15-5-2-1-4-13(15)14-11-16(14)23-19(21)22-12-6-7-17-18(10-12)25-9-3-8-24-17/h1-2,4-7,10,14,16H,3,8-9,11H2,(H3,21,22,23). The zero-order valence-corrected chi connectivity index (χ0v) is 13.7. The normalized spacial score (nSPS) is 22.2. The Bertz CT molecular complexity index is 809. The van der Waals surface area contributed by atoms with Gasteiger partial charge in [0.1, 0.15) is 5.82 Å². The van der Waals surface area contributed by atoms with Crippen LogP contribution < -0.4 is 20.5 Å². The molecule has 3 N–H and O–H groups in total. The molecule has 1 aliphatic heterocycles. The predicted molar refractivity (Wildman–Crippen MR) is 94.8 cm³/mol. The minimum atomic E-state index is -0.181. The van der Waals surface area contributed by atoms with E-state index in [2.05, 4.69) is 10.3 Å². The van der Waals surface area contributed by atoms with E-state index in [1.807, 2.05) is 30.3 Å². The maximum atomic E-state index is 13.8. The van der Waals surface area contributed by atoms with Crippen LogP contribution in [0.5, 0.6) is 11.5 Å². The van der Waals surface area contributed by atoms with Crippen LogP contribution in [0.4, 0.5) is 10.1 Å². The molecule has 0 amide bonds. The van der Waals surface area contributed by atoms with E-state index >= 15 is 0 Å². The molecule has 1 heterocycles. The van der Waals surface area contributed by atoms with Crippen molar-refractivity contribution >= 4 is 11.6 Å². The van der Waals surface area contributed by atoms with Crippen molar-refractivity contribution in [1.82, 2.24) is 0 Å². The first-order valence-electron chi connectivity index (χ1n) is 8.45. The van der Waals surface area contributed by atoms with Gasteiger partial charge in [0, 0.05) is 24.1 Å². The minimum Gasteiger partial charge on any atom is -0.490 e. The third kappa shape index (κ3) is 3.52. The summed E-state index contributed by atoms with van der Waals surface area (Å²) in [6.45, 7) is 1.29. The lowest BCUT2D eigenvalue weighted by molar-refractivity contribution is 0.297. The molecule has 4 rings (SSSR count). The number of hydrogen-bond acceptors (Lipinski definition) is 3. The quantitative estimate of drug-likeness (QED) is 0.664. The van der Waals surface area contributed by atoms with Crippen molar-refractivity contribution in [1.29, 1.82) is 0 Å². The molecule has 0 radical (unpaired) electrons. The molecule has 2 atom stereocenters. The van der Waals surface area contributed by atoms with Gasteiger partial charge in [-0.2, -0.15) is 0 Å². The van der Waals surface area contributed by atoms with Crippen LogP contribution in [0.3, 0.4) is 0 Å². The average molecular weight is 341 g/mol. The monoisotopic (exact) mass is 341 g/mol. The summed E-state index contributed by atoms with van der Waals surface area (Å²) in [6, 6.07) is 12.4. The van der Waals surface area contributed by atoms with E-state index in [0.29, 0.717) is 30.5 Å². The molecule has 5 nitrogen and oxygen atoms in total. The summed E-state index contributed by atoms with van der Waals surface area (Å²) in [6.07, 6.45) is 1.67. The number of anilines is 1. The number of hydrogen-bond donors (Lipinski definition) is 2. The SMILES string of the molecule is NC(=NC1CC1c1ccccc1F)Nc1ccc2c(c1)OCCCO2. The lowest BCUT2D eigenvalue weighted by atomic mass is 10.1. The Labute approximate surface area is 145 Å². The summed E-state index contributed by atoms with van der Waals surface area (Å²) < 4.78 is 25.1. The van der Waals surface area contributed by atoms with E-state index in [-0.39, 0.29) is 17.8 Å². The number of halogens is 1. The summed E-state index contributed by atoms with van der Waals surface area (Å²) >= 11 is 0. The molecule has 0 saturated heterocycles. The number of fused-ring (bicyclic) bond motifs is 1. The number of rotatable bonds is 3. The van der Waals surface area contributed by atoms with E-state index in [1.165, 1.54) is 6.07 Å². The number of ether oxygens (including phenoxy) is 2. The zero-order chi connectivity index (χ0) is 17.2. The Morgan fingerprint density at radius 2 is 1.92 bits per heavy atom. The summed E-state index contributed by atoms with van der Waals surface area (Å²) in [5, 5.41) is 3.07. The summed E-state index contributed by atoms with van der Waals surface area (Å²) in [5.41, 5.74) is 7.50. The maximum absolute atomic E-state index is 13.8. The molecule has 1 aliphatic carbocycles. The van der Waals surface area contributed by atoms with Crippen molar-refractivity contribution in [3.05, 3.63) is 53.8 Å². The molecular weight excluding hydrogens is 321 g/mol. The minimum absolute atomic E-state index is 0.0183. The van der Waals surface area contributed by atoms with Crippen LogP contribution in [0.1, 0.15) is 24.3 Å². The first-order valence-corrected chi connectivity index (χ1v) is 8.45. The van der Waals surface area contributed by atoms with Crippen LogP contribution in [0.2, 0.25) is 0 Å². The highest BCUT2D eigenvalue weighted by Crippen LogP contribution is 2.44. The third-order valence-corrected chi connectivity index (χ3v) is 4.39. The summed E-state index contributed by atoms with van der Waals surface area (Å²) in [7, 11) is 0. The Hall–Kier alpha value is -2.76. The van der Waals surface area contributed by atoms with Crippen molar-refractivity contribution in [2.45, 2.75) is 24.8 Å². The van der Waals surface area contributed by atoms with Crippen molar-refractivity contribution in [2.75, 3.05) is 18.5 Å². The second kappa shape index (κ2) is 6.63. The van der Waals surface area contributed by atoms with Crippen molar-refractivity contribution in [3.8, 4) is 11.5 Å². The average Bonchev–Trinajstić information content (AvgIpc) is 3.38. The Morgan fingerprint density at radius 3 is 2.76 bits per heavy atom. The molecule has 2 aromatic carbocycles. The highest BCUT2D eigenvalue weighted by molar-refractivity contribution is 5.92. The molecule has 2 unspecified atom stereocenters. The number of nitrogens with two attached hydrogens (primary N) is 1. The van der Waals surface area contributed by atoms with Crippen LogP contribution in [0.25, 0.3) is 0 Å². The molecule has 0 spiro atoms. The number of nitrogens with zero attached hydrogens (tertiary/aromatic N) is 1. The smallest absolute Gasteiger partial charge is 0.193 e. The topological polar surface area (TPSA) is 68.9 Å². The lowest BCUT2D eigenvalue weighted by Crippen LogP contribution is -2.23. The van der Waals surface area contributed by atoms with Crippen molar-refractivity contribution < 1.29 is 13.9 Å². The van der Waals surface area contributed by atoms with Gasteiger partial charge >= 0.3 is 0 Å². The van der Waals surface area contributed by atoms with E-state index in [0.717, 1.165) is 24.3 Å². The fourth-order valence-electron chi connectivity index (χ4n) is 3.03. The first kappa shape index (κ1) is 15.7. The molecule has 1 saturated carbocycles. The fraction of sp³-hybridized carbons (Fsp3) is 0.316. The fourth-order valence-corrected chi connectivity index (χ4v) is 3.03. The van der Waals surface area contributed by atoms with Gasteiger partial charge in [0.15, 0.2) is 17.5 Å². The summed E-state index contributed by atoms with van der Waals surface area (Å²) in [4.78, 5) is 4.46. The molecule has 1 fully saturated rings. The van der Waals surface area contributed by atoms with E-state index in [4.69, 9.17) is 15.2 Å². The number of nitrogens with one attached hydrogen (secondary N) is 1. The Kier molecular flexibility index (Phi) is 4.17. The van der Waals surface area contributed by atoms with Crippen LogP contribution in [-0.2, 0) is 0 Å². The van der Waals surface area contributed by atoms with Crippen LogP contribution in [-0.4, -0.2) is 25.2 Å². The van der Waals surface area contributed by atoms with Gasteiger partial charge in [-0.05, 0) is 30.2 Å². The van der Waals surface area contributed by atoms with Gasteiger partial charge in [-0.15, -0.1) is 0 Å². The largest absolute Gasteiger partial charge is 0.490 e. The van der Waals surface area contributed by atoms with Gasteiger partial charge in [-0.1, -0.05) is 18.2 Å². The van der Waals surface area contributed by atoms with Gasteiger partial charge < -0.3 is 20.5 Å². The second-order valence-electron chi connectivity index (χ2n) is 6.28. The van der Waals surface area contributed by atoms with Crippen molar-refractivity contribution in [2.24, 2.45) is 10.7 Å². The highest BCUT2D eigenvalue weighted by Gasteiger charge is 2.40. The molecule has 0 aromatic heterocycles. The Morgan fingerprint density at radius 1 is 1.12 bits per heavy atom. The van der Waals surface area contributed by atoms with E-state index in [9.17, 15) is 4.39 Å². The Balaban J connectivity index is 1.42. The predicted octanol–water partition coefficient (Wildman–Crippen LogP) is 3.27. The van der Waals surface area contributed by atoms with Gasteiger partial charge in [0.05, 0.1) is 19.3 Å². The molecule has 2 aliphatic rings. The van der Waals surface area contributed by atoms with Gasteiger partial charge in [0.25, 0.3) is 0 Å². The maximum Gasteiger partial charge on any atom is 0.193 e. The molecule has 6 heteroatoms. The van der Waals surface area contributed by atoms with E-state index in [1.54, 1.807) is 6.07 Å². The van der Waals surface area contributed by atoms with Gasteiger partial charge in [-0.3, -0.25) is 0 Å². The summed E-state index contributed by atoms with van der Waals surface area (Å²) in [5.74, 6) is 1.68. The van der Waals surface area contributed by atoms with Crippen LogP contribution >= 0.6 is 0 Å².